The smallest absolute Gasteiger partial charge is 0.232 e. The first-order valence-corrected chi connectivity index (χ1v) is 6.78. The van der Waals surface area contributed by atoms with Gasteiger partial charge in [0, 0.05) is 23.9 Å². The third-order valence-electron chi connectivity index (χ3n) is 3.50. The van der Waals surface area contributed by atoms with Crippen LogP contribution < -0.4 is 10.6 Å². The van der Waals surface area contributed by atoms with Crippen LogP contribution in [0.5, 0.6) is 0 Å². The van der Waals surface area contributed by atoms with E-state index in [0.717, 1.165) is 18.2 Å². The van der Waals surface area contributed by atoms with Crippen LogP contribution in [-0.2, 0) is 9.59 Å². The molecule has 4 nitrogen and oxygen atoms in total. The van der Waals surface area contributed by atoms with Gasteiger partial charge in [0.15, 0.2) is 0 Å². The van der Waals surface area contributed by atoms with Crippen molar-refractivity contribution in [1.29, 1.82) is 0 Å². The fraction of sp³-hybridized carbons (Fsp3) is 0.125. The van der Waals surface area contributed by atoms with E-state index in [4.69, 9.17) is 0 Å². The monoisotopic (exact) mass is 320 g/mol. The summed E-state index contributed by atoms with van der Waals surface area (Å²) < 4.78 is 39.6. The fourth-order valence-corrected chi connectivity index (χ4v) is 2.53. The number of hydrogen-bond acceptors (Lipinski definition) is 2. The fourth-order valence-electron chi connectivity index (χ4n) is 2.53. The standard InChI is InChI=1S/C16H11F3N2O2/c17-8-1-2-12-13(7-15(22)21-14(12)6-8)16(23)20-11-4-9(18)3-10(19)5-11/h1-6,13H,7H2,(H,20,23)(H,21,22). The van der Waals surface area contributed by atoms with Crippen molar-refractivity contribution in [1.82, 2.24) is 0 Å². The highest BCUT2D eigenvalue weighted by molar-refractivity contribution is 6.05. The van der Waals surface area contributed by atoms with Gasteiger partial charge in [-0.05, 0) is 29.8 Å². The maximum absolute atomic E-state index is 13.3. The zero-order valence-electron chi connectivity index (χ0n) is 11.7. The Hall–Kier alpha value is -2.83. The first-order chi connectivity index (χ1) is 10.9. The average molecular weight is 320 g/mol. The molecule has 1 heterocycles. The molecule has 0 spiro atoms. The lowest BCUT2D eigenvalue weighted by Crippen LogP contribution is -2.30. The van der Waals surface area contributed by atoms with Crippen LogP contribution in [0.2, 0.25) is 0 Å². The number of fused-ring (bicyclic) bond motifs is 1. The van der Waals surface area contributed by atoms with Gasteiger partial charge >= 0.3 is 0 Å². The van der Waals surface area contributed by atoms with Crippen LogP contribution >= 0.6 is 0 Å². The Kier molecular flexibility index (Phi) is 3.77. The lowest BCUT2D eigenvalue weighted by atomic mass is 9.89. The number of benzene rings is 2. The second kappa shape index (κ2) is 5.75. The number of halogens is 3. The predicted octanol–water partition coefficient (Wildman–Crippen LogP) is 3.17. The summed E-state index contributed by atoms with van der Waals surface area (Å²) in [6, 6.07) is 6.32. The zero-order valence-corrected chi connectivity index (χ0v) is 11.7. The second-order valence-electron chi connectivity index (χ2n) is 5.18. The van der Waals surface area contributed by atoms with Gasteiger partial charge in [0.1, 0.15) is 17.5 Å². The van der Waals surface area contributed by atoms with Gasteiger partial charge in [-0.1, -0.05) is 6.07 Å². The molecule has 1 unspecified atom stereocenters. The van der Waals surface area contributed by atoms with E-state index >= 15 is 0 Å². The molecule has 1 atom stereocenters. The predicted molar refractivity (Wildman–Crippen MR) is 77.4 cm³/mol. The van der Waals surface area contributed by atoms with Crippen LogP contribution in [0.15, 0.2) is 36.4 Å². The van der Waals surface area contributed by atoms with E-state index in [2.05, 4.69) is 10.6 Å². The molecule has 0 bridgehead atoms. The van der Waals surface area contributed by atoms with E-state index in [9.17, 15) is 22.8 Å². The van der Waals surface area contributed by atoms with Gasteiger partial charge in [0.25, 0.3) is 0 Å². The lowest BCUT2D eigenvalue weighted by molar-refractivity contribution is -0.123. The zero-order chi connectivity index (χ0) is 16.6. The quantitative estimate of drug-likeness (QED) is 0.893. The molecule has 0 aromatic heterocycles. The molecule has 1 aliphatic rings. The molecule has 2 aromatic carbocycles. The number of carbonyl (C=O) groups excluding carboxylic acids is 2. The highest BCUT2D eigenvalue weighted by Crippen LogP contribution is 2.33. The summed E-state index contributed by atoms with van der Waals surface area (Å²) in [6.45, 7) is 0. The Morgan fingerprint density at radius 3 is 2.43 bits per heavy atom. The normalized spacial score (nSPS) is 16.5. The first kappa shape index (κ1) is 15.1. The topological polar surface area (TPSA) is 58.2 Å². The van der Waals surface area contributed by atoms with Gasteiger partial charge in [0.05, 0.1) is 5.92 Å². The van der Waals surface area contributed by atoms with Crippen LogP contribution in [0.3, 0.4) is 0 Å². The molecule has 0 saturated heterocycles. The highest BCUT2D eigenvalue weighted by Gasteiger charge is 2.31. The Morgan fingerprint density at radius 1 is 1.04 bits per heavy atom. The number of carbonyl (C=O) groups is 2. The number of hydrogen-bond donors (Lipinski definition) is 2. The second-order valence-corrected chi connectivity index (χ2v) is 5.18. The molecule has 118 valence electrons. The molecule has 1 aliphatic heterocycles. The van der Waals surface area contributed by atoms with Crippen molar-refractivity contribution in [3.63, 3.8) is 0 Å². The average Bonchev–Trinajstić information content (AvgIpc) is 2.44. The minimum absolute atomic E-state index is 0.0536. The van der Waals surface area contributed by atoms with Crippen LogP contribution in [0.4, 0.5) is 24.5 Å². The number of nitrogens with one attached hydrogen (secondary N) is 2. The van der Waals surface area contributed by atoms with E-state index in [1.807, 2.05) is 0 Å². The SMILES string of the molecule is O=C1CC(C(=O)Nc2cc(F)cc(F)c2)c2ccc(F)cc2N1. The maximum Gasteiger partial charge on any atom is 0.232 e. The van der Waals surface area contributed by atoms with Crippen molar-refractivity contribution >= 4 is 23.2 Å². The van der Waals surface area contributed by atoms with Crippen molar-refractivity contribution in [2.24, 2.45) is 0 Å². The summed E-state index contributed by atoms with van der Waals surface area (Å²) in [4.78, 5) is 24.0. The van der Waals surface area contributed by atoms with Gasteiger partial charge in [-0.2, -0.15) is 0 Å². The van der Waals surface area contributed by atoms with Crippen molar-refractivity contribution < 1.29 is 22.8 Å². The molecule has 0 saturated carbocycles. The highest BCUT2D eigenvalue weighted by atomic mass is 19.1. The van der Waals surface area contributed by atoms with Gasteiger partial charge < -0.3 is 10.6 Å². The van der Waals surface area contributed by atoms with Crippen molar-refractivity contribution in [2.75, 3.05) is 10.6 Å². The molecule has 2 aromatic rings. The van der Waals surface area contributed by atoms with Gasteiger partial charge in [-0.15, -0.1) is 0 Å². The van der Waals surface area contributed by atoms with Crippen molar-refractivity contribution in [3.8, 4) is 0 Å². The Labute approximate surface area is 129 Å². The summed E-state index contributed by atoms with van der Waals surface area (Å²) in [5.41, 5.74) is 0.606. The summed E-state index contributed by atoms with van der Waals surface area (Å²) >= 11 is 0. The van der Waals surface area contributed by atoms with Gasteiger partial charge in [0.2, 0.25) is 11.8 Å². The number of amides is 2. The van der Waals surface area contributed by atoms with E-state index in [1.54, 1.807) is 0 Å². The molecule has 0 aliphatic carbocycles. The Bertz CT molecular complexity index is 788. The number of anilines is 2. The lowest BCUT2D eigenvalue weighted by Gasteiger charge is -2.24. The third-order valence-corrected chi connectivity index (χ3v) is 3.50. The first-order valence-electron chi connectivity index (χ1n) is 6.78. The van der Waals surface area contributed by atoms with Gasteiger partial charge in [-0.25, -0.2) is 13.2 Å². The molecular weight excluding hydrogens is 309 g/mol. The Balaban J connectivity index is 1.89. The van der Waals surface area contributed by atoms with Crippen LogP contribution in [0.1, 0.15) is 17.9 Å². The molecule has 3 rings (SSSR count). The van der Waals surface area contributed by atoms with Crippen molar-refractivity contribution in [2.45, 2.75) is 12.3 Å². The van der Waals surface area contributed by atoms with Crippen LogP contribution in [-0.4, -0.2) is 11.8 Å². The molecule has 0 fully saturated rings. The van der Waals surface area contributed by atoms with E-state index in [1.165, 1.54) is 12.1 Å². The summed E-state index contributed by atoms with van der Waals surface area (Å²) in [5.74, 6) is -4.11. The molecule has 2 amide bonds. The molecular formula is C16H11F3N2O2. The van der Waals surface area contributed by atoms with Crippen LogP contribution in [0.25, 0.3) is 0 Å². The van der Waals surface area contributed by atoms with Crippen molar-refractivity contribution in [3.05, 3.63) is 59.4 Å². The Morgan fingerprint density at radius 2 is 1.74 bits per heavy atom. The molecule has 23 heavy (non-hydrogen) atoms. The summed E-state index contributed by atoms with van der Waals surface area (Å²) in [7, 11) is 0. The third kappa shape index (κ3) is 3.18. The van der Waals surface area contributed by atoms with Crippen LogP contribution in [0, 0.1) is 17.5 Å². The summed E-state index contributed by atoms with van der Waals surface area (Å²) in [6.07, 6.45) is -0.137. The minimum Gasteiger partial charge on any atom is -0.326 e. The van der Waals surface area contributed by atoms with E-state index in [-0.39, 0.29) is 17.8 Å². The summed E-state index contributed by atoms with van der Waals surface area (Å²) in [5, 5.41) is 4.87. The largest absolute Gasteiger partial charge is 0.326 e. The molecule has 0 radical (unpaired) electrons. The number of rotatable bonds is 2. The van der Waals surface area contributed by atoms with E-state index in [0.29, 0.717) is 11.6 Å². The molecule has 2 N–H and O–H groups in total. The molecule has 7 heteroatoms. The minimum atomic E-state index is -0.870. The maximum atomic E-state index is 13.3. The van der Waals surface area contributed by atoms with Gasteiger partial charge in [-0.3, -0.25) is 9.59 Å². The van der Waals surface area contributed by atoms with E-state index < -0.39 is 35.2 Å².